The van der Waals surface area contributed by atoms with Gasteiger partial charge < -0.3 is 14.9 Å². The summed E-state index contributed by atoms with van der Waals surface area (Å²) in [6.45, 7) is 3.19. The number of hydrogen-bond acceptors (Lipinski definition) is 4. The number of ether oxygens (including phenoxy) is 1. The number of aromatic hydroxyl groups is 1. The van der Waals surface area contributed by atoms with E-state index in [1.165, 1.54) is 6.07 Å². The van der Waals surface area contributed by atoms with Gasteiger partial charge in [0.2, 0.25) is 0 Å². The molecule has 5 nitrogen and oxygen atoms in total. The first-order valence-corrected chi connectivity index (χ1v) is 3.95. The number of aromatic carboxylic acids is 1. The van der Waals surface area contributed by atoms with Crippen LogP contribution in [-0.2, 0) is 4.79 Å². The van der Waals surface area contributed by atoms with Crippen LogP contribution in [0.5, 0.6) is 11.5 Å². The summed E-state index contributed by atoms with van der Waals surface area (Å²) in [5, 5.41) is 17.9. The Morgan fingerprint density at radius 3 is 2.53 bits per heavy atom. The minimum atomic E-state index is -1.26. The predicted molar refractivity (Wildman–Crippen MR) is 50.9 cm³/mol. The van der Waals surface area contributed by atoms with E-state index < -0.39 is 17.7 Å². The fourth-order valence-electron chi connectivity index (χ4n) is 0.914. The molecular weight excluding hydrogens is 200 g/mol. The Morgan fingerprint density at radius 2 is 2.07 bits per heavy atom. The van der Waals surface area contributed by atoms with Crippen LogP contribution in [0.15, 0.2) is 30.9 Å². The van der Waals surface area contributed by atoms with Gasteiger partial charge in [-0.2, -0.15) is 0 Å². The van der Waals surface area contributed by atoms with Crippen molar-refractivity contribution < 1.29 is 24.5 Å². The van der Waals surface area contributed by atoms with E-state index in [9.17, 15) is 14.7 Å². The standard InChI is InChI=1S/C10H8O5/c1-2-9(12)15-6-3-4-7(10(13)14)8(11)5-6/h2-5,11H,1H2,(H,13,14). The molecule has 15 heavy (non-hydrogen) atoms. The molecule has 0 radical (unpaired) electrons. The van der Waals surface area contributed by atoms with Crippen LogP contribution in [0.25, 0.3) is 0 Å². The van der Waals surface area contributed by atoms with E-state index in [1.807, 2.05) is 0 Å². The van der Waals surface area contributed by atoms with Gasteiger partial charge in [-0.15, -0.1) is 0 Å². The van der Waals surface area contributed by atoms with E-state index in [1.54, 1.807) is 0 Å². The van der Waals surface area contributed by atoms with Gasteiger partial charge in [-0.3, -0.25) is 0 Å². The summed E-state index contributed by atoms with van der Waals surface area (Å²) < 4.78 is 4.67. The third kappa shape index (κ3) is 2.57. The third-order valence-electron chi connectivity index (χ3n) is 1.58. The molecule has 78 valence electrons. The Hall–Kier alpha value is -2.30. The Balaban J connectivity index is 2.96. The molecule has 0 aromatic heterocycles. The number of carboxylic acid groups (broad SMARTS) is 1. The number of phenols is 1. The van der Waals surface area contributed by atoms with Crippen LogP contribution in [0, 0.1) is 0 Å². The van der Waals surface area contributed by atoms with Gasteiger partial charge in [0, 0.05) is 12.1 Å². The first-order valence-electron chi connectivity index (χ1n) is 3.95. The molecule has 1 aromatic rings. The maximum absolute atomic E-state index is 10.8. The maximum Gasteiger partial charge on any atom is 0.339 e. The largest absolute Gasteiger partial charge is 0.507 e. The van der Waals surface area contributed by atoms with Crippen LogP contribution < -0.4 is 4.74 Å². The molecule has 1 rings (SSSR count). The van der Waals surface area contributed by atoms with Gasteiger partial charge >= 0.3 is 11.9 Å². The third-order valence-corrected chi connectivity index (χ3v) is 1.58. The molecule has 0 spiro atoms. The van der Waals surface area contributed by atoms with Gasteiger partial charge in [0.25, 0.3) is 0 Å². The van der Waals surface area contributed by atoms with Crippen LogP contribution in [0.3, 0.4) is 0 Å². The zero-order valence-electron chi connectivity index (χ0n) is 7.64. The van der Waals surface area contributed by atoms with E-state index in [-0.39, 0.29) is 11.3 Å². The Morgan fingerprint density at radius 1 is 1.40 bits per heavy atom. The summed E-state index contributed by atoms with van der Waals surface area (Å²) in [6, 6.07) is 3.46. The van der Waals surface area contributed by atoms with Gasteiger partial charge in [0.05, 0.1) is 0 Å². The molecule has 0 fully saturated rings. The zero-order valence-corrected chi connectivity index (χ0v) is 7.64. The number of carbonyl (C=O) groups excluding carboxylic acids is 1. The molecule has 0 unspecified atom stereocenters. The van der Waals surface area contributed by atoms with E-state index in [2.05, 4.69) is 11.3 Å². The van der Waals surface area contributed by atoms with Gasteiger partial charge in [-0.25, -0.2) is 9.59 Å². The molecule has 0 bridgehead atoms. The number of carbonyl (C=O) groups is 2. The molecule has 0 aliphatic carbocycles. The predicted octanol–water partition coefficient (Wildman–Crippen LogP) is 1.18. The first kappa shape index (κ1) is 10.8. The molecule has 0 saturated heterocycles. The number of carboxylic acids is 1. The minimum Gasteiger partial charge on any atom is -0.507 e. The molecule has 2 N–H and O–H groups in total. The summed E-state index contributed by atoms with van der Waals surface area (Å²) >= 11 is 0. The SMILES string of the molecule is C=CC(=O)Oc1ccc(C(=O)O)c(O)c1. The van der Waals surface area contributed by atoms with E-state index in [0.717, 1.165) is 18.2 Å². The number of rotatable bonds is 3. The van der Waals surface area contributed by atoms with Gasteiger partial charge in [-0.1, -0.05) is 6.58 Å². The second-order valence-corrected chi connectivity index (χ2v) is 2.61. The molecule has 0 amide bonds. The minimum absolute atomic E-state index is 0.0578. The van der Waals surface area contributed by atoms with Crippen molar-refractivity contribution in [2.24, 2.45) is 0 Å². The molecular formula is C10H8O5. The summed E-state index contributed by atoms with van der Waals surface area (Å²) in [4.78, 5) is 21.3. The Kier molecular flexibility index (Phi) is 3.07. The Labute approximate surface area is 85.2 Å². The van der Waals surface area contributed by atoms with Gasteiger partial charge in [-0.05, 0) is 12.1 Å². The highest BCUT2D eigenvalue weighted by Gasteiger charge is 2.10. The van der Waals surface area contributed by atoms with E-state index >= 15 is 0 Å². The Bertz CT molecular complexity index is 422. The monoisotopic (exact) mass is 208 g/mol. The molecule has 0 heterocycles. The second-order valence-electron chi connectivity index (χ2n) is 2.61. The van der Waals surface area contributed by atoms with Crippen molar-refractivity contribution in [3.05, 3.63) is 36.4 Å². The van der Waals surface area contributed by atoms with Crippen LogP contribution in [0.4, 0.5) is 0 Å². The summed E-state index contributed by atoms with van der Waals surface area (Å²) in [5.41, 5.74) is -0.256. The first-order chi connectivity index (χ1) is 7.04. The highest BCUT2D eigenvalue weighted by Crippen LogP contribution is 2.23. The van der Waals surface area contributed by atoms with E-state index in [0.29, 0.717) is 0 Å². The van der Waals surface area contributed by atoms with Crippen LogP contribution in [0.1, 0.15) is 10.4 Å². The summed E-state index contributed by atoms with van der Waals surface area (Å²) in [7, 11) is 0. The highest BCUT2D eigenvalue weighted by atomic mass is 16.5. The van der Waals surface area contributed by atoms with Crippen LogP contribution in [0.2, 0.25) is 0 Å². The smallest absolute Gasteiger partial charge is 0.339 e. The lowest BCUT2D eigenvalue weighted by atomic mass is 10.2. The molecule has 0 saturated carbocycles. The number of benzene rings is 1. The van der Waals surface area contributed by atoms with Gasteiger partial charge in [0.15, 0.2) is 0 Å². The number of hydrogen-bond donors (Lipinski definition) is 2. The van der Waals surface area contributed by atoms with Crippen molar-refractivity contribution in [3.8, 4) is 11.5 Å². The molecule has 1 aromatic carbocycles. The summed E-state index contributed by atoms with van der Waals surface area (Å²) in [5.74, 6) is -2.34. The molecule has 0 aliphatic rings. The van der Waals surface area contributed by atoms with Crippen molar-refractivity contribution in [2.75, 3.05) is 0 Å². The van der Waals surface area contributed by atoms with Gasteiger partial charge in [0.1, 0.15) is 17.1 Å². The highest BCUT2D eigenvalue weighted by molar-refractivity contribution is 5.91. The topological polar surface area (TPSA) is 83.8 Å². The fourth-order valence-corrected chi connectivity index (χ4v) is 0.914. The lowest BCUT2D eigenvalue weighted by Crippen LogP contribution is -2.04. The lowest BCUT2D eigenvalue weighted by Gasteiger charge is -2.03. The van der Waals surface area contributed by atoms with E-state index in [4.69, 9.17) is 5.11 Å². The molecule has 0 aliphatic heterocycles. The zero-order chi connectivity index (χ0) is 11.4. The maximum atomic E-state index is 10.8. The van der Waals surface area contributed by atoms with Crippen molar-refractivity contribution >= 4 is 11.9 Å². The van der Waals surface area contributed by atoms with Crippen LogP contribution >= 0.6 is 0 Å². The normalized spacial score (nSPS) is 9.33. The lowest BCUT2D eigenvalue weighted by molar-refractivity contribution is -0.128. The molecule has 5 heteroatoms. The number of esters is 1. The quantitative estimate of drug-likeness (QED) is 0.442. The average Bonchev–Trinajstić information content (AvgIpc) is 2.17. The average molecular weight is 208 g/mol. The second kappa shape index (κ2) is 4.28. The van der Waals surface area contributed by atoms with Crippen molar-refractivity contribution in [3.63, 3.8) is 0 Å². The van der Waals surface area contributed by atoms with Crippen molar-refractivity contribution in [1.29, 1.82) is 0 Å². The van der Waals surface area contributed by atoms with Crippen molar-refractivity contribution in [1.82, 2.24) is 0 Å². The molecule has 0 atom stereocenters. The fraction of sp³-hybridized carbons (Fsp3) is 0. The van der Waals surface area contributed by atoms with Crippen molar-refractivity contribution in [2.45, 2.75) is 0 Å². The van der Waals surface area contributed by atoms with Crippen LogP contribution in [-0.4, -0.2) is 22.2 Å². The summed E-state index contributed by atoms with van der Waals surface area (Å²) in [6.07, 6.45) is 0.960.